The van der Waals surface area contributed by atoms with Gasteiger partial charge >= 0.3 is 6.09 Å². The molecule has 5 nitrogen and oxygen atoms in total. The summed E-state index contributed by atoms with van der Waals surface area (Å²) >= 11 is 0. The maximum Gasteiger partial charge on any atom is 0.407 e. The first-order valence-electron chi connectivity index (χ1n) is 9.42. The average Bonchev–Trinajstić information content (AvgIpc) is 3.00. The third kappa shape index (κ3) is 3.24. The Labute approximate surface area is 148 Å². The zero-order chi connectivity index (χ0) is 17.4. The third-order valence-corrected chi connectivity index (χ3v) is 6.04. The van der Waals surface area contributed by atoms with Crippen LogP contribution in [-0.2, 0) is 16.1 Å². The van der Waals surface area contributed by atoms with Crippen molar-refractivity contribution in [1.29, 1.82) is 0 Å². The number of rotatable bonds is 3. The van der Waals surface area contributed by atoms with Crippen molar-refractivity contribution in [3.05, 3.63) is 35.4 Å². The summed E-state index contributed by atoms with van der Waals surface area (Å²) in [4.78, 5) is 26.9. The summed E-state index contributed by atoms with van der Waals surface area (Å²) in [6.07, 6.45) is 4.40. The molecule has 5 heteroatoms. The molecule has 3 aliphatic rings. The number of hydrogen-bond donors (Lipinski definition) is 1. The Hall–Kier alpha value is -2.04. The molecule has 2 aliphatic heterocycles. The molecule has 1 aromatic rings. The van der Waals surface area contributed by atoms with Gasteiger partial charge in [0.15, 0.2) is 0 Å². The quantitative estimate of drug-likeness (QED) is 0.919. The van der Waals surface area contributed by atoms with E-state index in [2.05, 4.69) is 10.2 Å². The Morgan fingerprint density at radius 3 is 2.84 bits per heavy atom. The topological polar surface area (TPSA) is 58.6 Å². The van der Waals surface area contributed by atoms with Gasteiger partial charge in [-0.1, -0.05) is 29.8 Å². The van der Waals surface area contributed by atoms with Gasteiger partial charge in [0.05, 0.1) is 0 Å². The van der Waals surface area contributed by atoms with Gasteiger partial charge in [-0.3, -0.25) is 4.79 Å². The number of fused-ring (bicyclic) bond motifs is 4. The van der Waals surface area contributed by atoms with E-state index in [1.54, 1.807) is 0 Å². The van der Waals surface area contributed by atoms with Gasteiger partial charge in [0.25, 0.3) is 0 Å². The van der Waals surface area contributed by atoms with E-state index in [9.17, 15) is 9.59 Å². The van der Waals surface area contributed by atoms with E-state index >= 15 is 0 Å². The van der Waals surface area contributed by atoms with Crippen molar-refractivity contribution in [2.75, 3.05) is 6.54 Å². The Morgan fingerprint density at radius 2 is 2.04 bits per heavy atom. The van der Waals surface area contributed by atoms with Crippen LogP contribution >= 0.6 is 0 Å². The van der Waals surface area contributed by atoms with Crippen molar-refractivity contribution < 1.29 is 14.3 Å². The second-order valence-electron chi connectivity index (χ2n) is 7.71. The highest BCUT2D eigenvalue weighted by Crippen LogP contribution is 2.45. The van der Waals surface area contributed by atoms with E-state index in [0.717, 1.165) is 31.4 Å². The third-order valence-electron chi connectivity index (χ3n) is 6.04. The number of nitrogens with one attached hydrogen (secondary N) is 1. The number of nitrogens with zero attached hydrogens (tertiary/aromatic N) is 1. The lowest BCUT2D eigenvalue weighted by molar-refractivity contribution is -0.143. The van der Waals surface area contributed by atoms with Crippen LogP contribution in [0.5, 0.6) is 0 Å². The maximum absolute atomic E-state index is 12.6. The van der Waals surface area contributed by atoms with Crippen LogP contribution in [0.1, 0.15) is 43.2 Å². The molecule has 0 radical (unpaired) electrons. The number of amides is 2. The number of carbonyl (C=O) groups excluding carboxylic acids is 2. The Kier molecular flexibility index (Phi) is 4.40. The molecule has 3 fully saturated rings. The first-order chi connectivity index (χ1) is 12.1. The minimum atomic E-state index is -0.368. The molecule has 1 aromatic carbocycles. The standard InChI is InChI=1S/C20H26N2O3/c1-13-5-7-14(8-6-13)12-21-20(24)25-18-11-15-10-16(18)17-4-2-3-9-22(17)19(15)23/h5-8,15-18H,2-4,9-12H2,1H3,(H,21,24)/t15-,16-,17-,18-/m1/s1. The second kappa shape index (κ2) is 6.70. The summed E-state index contributed by atoms with van der Waals surface area (Å²) in [6, 6.07) is 8.36. The largest absolute Gasteiger partial charge is 0.446 e. The van der Waals surface area contributed by atoms with E-state index in [-0.39, 0.29) is 30.1 Å². The van der Waals surface area contributed by atoms with Crippen molar-refractivity contribution in [1.82, 2.24) is 10.2 Å². The number of alkyl carbamates (subject to hydrolysis) is 1. The number of ether oxygens (including phenoxy) is 1. The lowest BCUT2D eigenvalue weighted by Crippen LogP contribution is -2.53. The summed E-state index contributed by atoms with van der Waals surface area (Å²) in [6.45, 7) is 3.39. The smallest absolute Gasteiger partial charge is 0.407 e. The van der Waals surface area contributed by atoms with Crippen LogP contribution in [0.3, 0.4) is 0 Å². The van der Waals surface area contributed by atoms with Gasteiger partial charge in [-0.05, 0) is 44.6 Å². The van der Waals surface area contributed by atoms with Crippen LogP contribution in [0.25, 0.3) is 0 Å². The average molecular weight is 342 g/mol. The zero-order valence-electron chi connectivity index (χ0n) is 14.7. The van der Waals surface area contributed by atoms with Gasteiger partial charge in [0.1, 0.15) is 6.10 Å². The lowest BCUT2D eigenvalue weighted by atomic mass is 9.84. The van der Waals surface area contributed by atoms with Gasteiger partial charge < -0.3 is 15.0 Å². The second-order valence-corrected chi connectivity index (χ2v) is 7.71. The van der Waals surface area contributed by atoms with E-state index in [4.69, 9.17) is 4.74 Å². The molecule has 0 spiro atoms. The minimum Gasteiger partial charge on any atom is -0.446 e. The van der Waals surface area contributed by atoms with E-state index in [1.165, 1.54) is 12.0 Å². The van der Waals surface area contributed by atoms with Gasteiger partial charge in [0.2, 0.25) is 5.91 Å². The summed E-state index contributed by atoms with van der Waals surface area (Å²) in [7, 11) is 0. The number of carbonyl (C=O) groups is 2. The molecule has 2 saturated heterocycles. The molecule has 1 N–H and O–H groups in total. The molecule has 2 amide bonds. The summed E-state index contributed by atoms with van der Waals surface area (Å²) in [5.74, 6) is 0.648. The first kappa shape index (κ1) is 16.4. The first-order valence-corrected chi connectivity index (χ1v) is 9.42. The van der Waals surface area contributed by atoms with E-state index < -0.39 is 0 Å². The van der Waals surface area contributed by atoms with Gasteiger partial charge in [-0.25, -0.2) is 4.79 Å². The summed E-state index contributed by atoms with van der Waals surface area (Å²) < 4.78 is 5.74. The lowest BCUT2D eigenvalue weighted by Gasteiger charge is -2.43. The van der Waals surface area contributed by atoms with E-state index in [1.807, 2.05) is 31.2 Å². The predicted octanol–water partition coefficient (Wildman–Crippen LogP) is 3.01. The van der Waals surface area contributed by atoms with Crippen LogP contribution in [0, 0.1) is 18.8 Å². The fraction of sp³-hybridized carbons (Fsp3) is 0.600. The van der Waals surface area contributed by atoms with Crippen molar-refractivity contribution in [3.8, 4) is 0 Å². The minimum absolute atomic E-state index is 0.0502. The zero-order valence-corrected chi connectivity index (χ0v) is 14.7. The summed E-state index contributed by atoms with van der Waals surface area (Å²) in [5.41, 5.74) is 2.26. The predicted molar refractivity (Wildman–Crippen MR) is 93.9 cm³/mol. The molecule has 0 aromatic heterocycles. The Bertz CT molecular complexity index is 657. The molecule has 0 unspecified atom stereocenters. The fourth-order valence-electron chi connectivity index (χ4n) is 4.74. The van der Waals surface area contributed by atoms with E-state index in [0.29, 0.717) is 18.9 Å². The van der Waals surface area contributed by atoms with Crippen molar-refractivity contribution >= 4 is 12.0 Å². The van der Waals surface area contributed by atoms with Crippen LogP contribution in [0.2, 0.25) is 0 Å². The molecule has 1 aliphatic carbocycles. The number of hydrogen-bond acceptors (Lipinski definition) is 3. The monoisotopic (exact) mass is 342 g/mol. The van der Waals surface area contributed by atoms with Crippen LogP contribution in [-0.4, -0.2) is 35.6 Å². The van der Waals surface area contributed by atoms with Gasteiger partial charge in [-0.15, -0.1) is 0 Å². The van der Waals surface area contributed by atoms with Crippen molar-refractivity contribution in [2.45, 2.75) is 57.7 Å². The van der Waals surface area contributed by atoms with Crippen LogP contribution in [0.15, 0.2) is 24.3 Å². The molecule has 4 rings (SSSR count). The molecule has 25 heavy (non-hydrogen) atoms. The molecule has 2 bridgehead atoms. The highest BCUT2D eigenvalue weighted by atomic mass is 16.6. The van der Waals surface area contributed by atoms with Gasteiger partial charge in [0, 0.05) is 31.0 Å². The normalized spacial score (nSPS) is 30.8. The maximum atomic E-state index is 12.6. The van der Waals surface area contributed by atoms with Crippen LogP contribution in [0.4, 0.5) is 4.79 Å². The van der Waals surface area contributed by atoms with Crippen molar-refractivity contribution in [2.24, 2.45) is 11.8 Å². The molecule has 2 heterocycles. The highest BCUT2D eigenvalue weighted by Gasteiger charge is 2.52. The number of benzene rings is 1. The number of aryl methyl sites for hydroxylation is 1. The van der Waals surface area contributed by atoms with Crippen molar-refractivity contribution in [3.63, 3.8) is 0 Å². The fourth-order valence-corrected chi connectivity index (χ4v) is 4.74. The number of piperidine rings is 2. The Balaban J connectivity index is 1.35. The van der Waals surface area contributed by atoms with Crippen LogP contribution < -0.4 is 5.32 Å². The Morgan fingerprint density at radius 1 is 1.24 bits per heavy atom. The SMILES string of the molecule is Cc1ccc(CNC(=O)O[C@@H]2C[C@H]3C[C@@H]2[C@H]2CCCCN2C3=O)cc1. The molecular weight excluding hydrogens is 316 g/mol. The summed E-state index contributed by atoms with van der Waals surface area (Å²) in [5, 5.41) is 2.85. The molecule has 1 saturated carbocycles. The van der Waals surface area contributed by atoms with Gasteiger partial charge in [-0.2, -0.15) is 0 Å². The molecule has 4 atom stereocenters. The molecular formula is C20H26N2O3. The molecule has 134 valence electrons. The highest BCUT2D eigenvalue weighted by molar-refractivity contribution is 5.81.